The highest BCUT2D eigenvalue weighted by molar-refractivity contribution is 5.83. The number of pyridine rings is 1. The maximum Gasteiger partial charge on any atom is 0.133 e. The van der Waals surface area contributed by atoms with Crippen molar-refractivity contribution in [2.75, 3.05) is 19.0 Å². The zero-order valence-corrected chi connectivity index (χ0v) is 11.3. The first kappa shape index (κ1) is 12.4. The first-order valence-electron chi connectivity index (χ1n) is 5.98. The van der Waals surface area contributed by atoms with Crippen molar-refractivity contribution in [3.8, 4) is 6.07 Å². The molecule has 0 unspecified atom stereocenters. The second kappa shape index (κ2) is 4.66. The number of hydrogen-bond donors (Lipinski definition) is 0. The van der Waals surface area contributed by atoms with Gasteiger partial charge in [-0.1, -0.05) is 0 Å². The summed E-state index contributed by atoms with van der Waals surface area (Å²) in [5.41, 5.74) is 4.47. The summed E-state index contributed by atoms with van der Waals surface area (Å²) >= 11 is 0. The Morgan fingerprint density at radius 3 is 2.44 bits per heavy atom. The minimum atomic E-state index is 0.392. The van der Waals surface area contributed by atoms with Gasteiger partial charge in [-0.05, 0) is 43.2 Å². The molecule has 0 saturated heterocycles. The normalized spacial score (nSPS) is 10.4. The average molecular weight is 239 g/mol. The Kier molecular flexibility index (Phi) is 3.20. The van der Waals surface area contributed by atoms with Crippen LogP contribution in [0.3, 0.4) is 0 Å². The molecule has 0 aliphatic rings. The van der Waals surface area contributed by atoms with Crippen LogP contribution in [0, 0.1) is 25.2 Å². The van der Waals surface area contributed by atoms with E-state index in [1.165, 1.54) is 11.1 Å². The zero-order chi connectivity index (χ0) is 13.3. The summed E-state index contributed by atoms with van der Waals surface area (Å²) in [7, 11) is 3.91. The van der Waals surface area contributed by atoms with Crippen LogP contribution in [-0.2, 0) is 6.42 Å². The van der Waals surface area contributed by atoms with E-state index in [0.29, 0.717) is 6.42 Å². The van der Waals surface area contributed by atoms with Crippen LogP contribution in [0.4, 0.5) is 5.82 Å². The van der Waals surface area contributed by atoms with Gasteiger partial charge in [0.1, 0.15) is 5.82 Å². The van der Waals surface area contributed by atoms with E-state index < -0.39 is 0 Å². The van der Waals surface area contributed by atoms with Crippen molar-refractivity contribution in [1.82, 2.24) is 4.98 Å². The van der Waals surface area contributed by atoms with Gasteiger partial charge in [0.25, 0.3) is 0 Å². The first-order chi connectivity index (χ1) is 8.52. The molecule has 0 amide bonds. The van der Waals surface area contributed by atoms with Gasteiger partial charge in [0.15, 0.2) is 0 Å². The third-order valence-corrected chi connectivity index (χ3v) is 3.18. The Morgan fingerprint density at radius 1 is 1.17 bits per heavy atom. The lowest BCUT2D eigenvalue weighted by molar-refractivity contribution is 1.05. The largest absolute Gasteiger partial charge is 0.362 e. The maximum absolute atomic E-state index is 8.90. The molecule has 0 spiro atoms. The van der Waals surface area contributed by atoms with Crippen molar-refractivity contribution >= 4 is 16.7 Å². The van der Waals surface area contributed by atoms with Gasteiger partial charge >= 0.3 is 0 Å². The van der Waals surface area contributed by atoms with Crippen molar-refractivity contribution < 1.29 is 0 Å². The number of benzene rings is 1. The van der Waals surface area contributed by atoms with Crippen molar-refractivity contribution in [3.05, 3.63) is 34.9 Å². The molecule has 92 valence electrons. The highest BCUT2D eigenvalue weighted by atomic mass is 15.1. The minimum Gasteiger partial charge on any atom is -0.362 e. The highest BCUT2D eigenvalue weighted by Gasteiger charge is 2.09. The third kappa shape index (κ3) is 2.14. The number of fused-ring (bicyclic) bond motifs is 1. The van der Waals surface area contributed by atoms with Gasteiger partial charge in [-0.15, -0.1) is 0 Å². The van der Waals surface area contributed by atoms with Crippen LogP contribution in [0.25, 0.3) is 10.9 Å². The number of rotatable bonds is 2. The minimum absolute atomic E-state index is 0.392. The molecule has 3 heteroatoms. The van der Waals surface area contributed by atoms with E-state index in [-0.39, 0.29) is 0 Å². The second-order valence-electron chi connectivity index (χ2n) is 4.83. The van der Waals surface area contributed by atoms with Crippen LogP contribution in [0.15, 0.2) is 18.2 Å². The molecule has 1 aromatic carbocycles. The predicted molar refractivity (Wildman–Crippen MR) is 74.9 cm³/mol. The molecule has 1 aromatic heterocycles. The van der Waals surface area contributed by atoms with Gasteiger partial charge < -0.3 is 4.90 Å². The van der Waals surface area contributed by atoms with E-state index in [9.17, 15) is 0 Å². The lowest BCUT2D eigenvalue weighted by Crippen LogP contribution is -2.13. The van der Waals surface area contributed by atoms with Crippen molar-refractivity contribution in [1.29, 1.82) is 5.26 Å². The fourth-order valence-electron chi connectivity index (χ4n) is 2.08. The van der Waals surface area contributed by atoms with Crippen molar-refractivity contribution in [2.24, 2.45) is 0 Å². The molecular formula is C15H17N3. The summed E-state index contributed by atoms with van der Waals surface area (Å²) in [4.78, 5) is 6.63. The van der Waals surface area contributed by atoms with Gasteiger partial charge in [0, 0.05) is 25.0 Å². The summed E-state index contributed by atoms with van der Waals surface area (Å²) < 4.78 is 0. The number of anilines is 1. The Balaban J connectivity index is 2.72. The van der Waals surface area contributed by atoms with Crippen LogP contribution in [0.1, 0.15) is 16.7 Å². The summed E-state index contributed by atoms with van der Waals surface area (Å²) in [6.45, 7) is 4.19. The maximum atomic E-state index is 8.90. The van der Waals surface area contributed by atoms with Gasteiger partial charge in [-0.3, -0.25) is 0 Å². The fraction of sp³-hybridized carbons (Fsp3) is 0.333. The zero-order valence-electron chi connectivity index (χ0n) is 11.3. The molecule has 0 fully saturated rings. The van der Waals surface area contributed by atoms with Gasteiger partial charge in [0.2, 0.25) is 0 Å². The van der Waals surface area contributed by atoms with Crippen molar-refractivity contribution in [3.63, 3.8) is 0 Å². The molecule has 0 aliphatic carbocycles. The number of nitriles is 1. The molecule has 18 heavy (non-hydrogen) atoms. The lowest BCUT2D eigenvalue weighted by atomic mass is 10.0. The quantitative estimate of drug-likeness (QED) is 0.808. The van der Waals surface area contributed by atoms with Crippen LogP contribution in [-0.4, -0.2) is 19.1 Å². The molecule has 0 bridgehead atoms. The molecule has 2 rings (SSSR count). The number of aromatic nitrogens is 1. The van der Waals surface area contributed by atoms with Crippen LogP contribution >= 0.6 is 0 Å². The number of aryl methyl sites for hydroxylation is 2. The summed E-state index contributed by atoms with van der Waals surface area (Å²) in [6.07, 6.45) is 0.392. The predicted octanol–water partition coefficient (Wildman–Crippen LogP) is 2.98. The lowest BCUT2D eigenvalue weighted by Gasteiger charge is -2.16. The van der Waals surface area contributed by atoms with Crippen LogP contribution < -0.4 is 4.90 Å². The van der Waals surface area contributed by atoms with E-state index in [4.69, 9.17) is 5.26 Å². The Hall–Kier alpha value is -2.08. The highest BCUT2D eigenvalue weighted by Crippen LogP contribution is 2.25. The van der Waals surface area contributed by atoms with Crippen molar-refractivity contribution in [2.45, 2.75) is 20.3 Å². The van der Waals surface area contributed by atoms with E-state index in [1.54, 1.807) is 0 Å². The van der Waals surface area contributed by atoms with Crippen LogP contribution in [0.5, 0.6) is 0 Å². The van der Waals surface area contributed by atoms with Gasteiger partial charge in [0.05, 0.1) is 18.0 Å². The first-order valence-corrected chi connectivity index (χ1v) is 5.98. The van der Waals surface area contributed by atoms with Gasteiger partial charge in [-0.25, -0.2) is 4.98 Å². The third-order valence-electron chi connectivity index (χ3n) is 3.18. The van der Waals surface area contributed by atoms with Gasteiger partial charge in [-0.2, -0.15) is 5.26 Å². The Bertz CT molecular complexity index is 636. The molecule has 0 N–H and O–H groups in total. The van der Waals surface area contributed by atoms with Crippen LogP contribution in [0.2, 0.25) is 0 Å². The molecule has 0 radical (unpaired) electrons. The SMILES string of the molecule is Cc1cc2cc(CC#N)c(N(C)C)nc2cc1C. The Labute approximate surface area is 108 Å². The number of nitrogens with zero attached hydrogens (tertiary/aromatic N) is 3. The van der Waals surface area contributed by atoms with E-state index >= 15 is 0 Å². The van der Waals surface area contributed by atoms with E-state index in [2.05, 4.69) is 43.1 Å². The summed E-state index contributed by atoms with van der Waals surface area (Å²) in [5, 5.41) is 10.0. The summed E-state index contributed by atoms with van der Waals surface area (Å²) in [6, 6.07) is 8.52. The molecule has 3 nitrogen and oxygen atoms in total. The molecular weight excluding hydrogens is 222 g/mol. The number of hydrogen-bond acceptors (Lipinski definition) is 3. The fourth-order valence-corrected chi connectivity index (χ4v) is 2.08. The second-order valence-corrected chi connectivity index (χ2v) is 4.83. The monoisotopic (exact) mass is 239 g/mol. The summed E-state index contributed by atoms with van der Waals surface area (Å²) in [5.74, 6) is 0.882. The molecule has 0 saturated carbocycles. The molecule has 1 heterocycles. The van der Waals surface area contributed by atoms with E-state index in [1.807, 2.05) is 19.0 Å². The standard InChI is InChI=1S/C15H17N3/c1-10-7-13-9-12(5-6-16)15(18(3)4)17-14(13)8-11(10)2/h7-9H,5H2,1-4H3. The Morgan fingerprint density at radius 2 is 1.83 bits per heavy atom. The molecule has 0 aliphatic heterocycles. The molecule has 0 atom stereocenters. The van der Waals surface area contributed by atoms with E-state index in [0.717, 1.165) is 22.3 Å². The smallest absolute Gasteiger partial charge is 0.133 e. The topological polar surface area (TPSA) is 39.9 Å². The molecule has 2 aromatic rings. The average Bonchev–Trinajstić information content (AvgIpc) is 2.30.